The van der Waals surface area contributed by atoms with E-state index in [-0.39, 0.29) is 5.91 Å². The summed E-state index contributed by atoms with van der Waals surface area (Å²) in [5, 5.41) is 15.6. The third-order valence-electron chi connectivity index (χ3n) is 6.35. The van der Waals surface area contributed by atoms with Crippen LogP contribution in [-0.2, 0) is 0 Å². The molecule has 0 spiro atoms. The van der Waals surface area contributed by atoms with Crippen molar-refractivity contribution >= 4 is 30.0 Å². The molecule has 8 nitrogen and oxygen atoms in total. The molecule has 2 N–H and O–H groups in total. The van der Waals surface area contributed by atoms with Gasteiger partial charge in [0.1, 0.15) is 11.4 Å². The molecule has 5 rings (SSSR count). The molecule has 1 aliphatic heterocycles. The summed E-state index contributed by atoms with van der Waals surface area (Å²) in [5.41, 5.74) is 3.69. The SMILES string of the molecule is C=Cn1ncc(C(=O)Nc2cc(C3CCNCC3)nn2-c2ccc(C3CC3)cc2)c1/N=C\C. The fourth-order valence-electron chi connectivity index (χ4n) is 4.39. The summed E-state index contributed by atoms with van der Waals surface area (Å²) in [7, 11) is 0. The maximum atomic E-state index is 13.2. The summed E-state index contributed by atoms with van der Waals surface area (Å²) in [6.07, 6.45) is 9.28. The molecule has 0 unspecified atom stereocenters. The van der Waals surface area contributed by atoms with E-state index in [4.69, 9.17) is 5.10 Å². The Morgan fingerprint density at radius 3 is 2.61 bits per heavy atom. The molecule has 170 valence electrons. The van der Waals surface area contributed by atoms with Crippen molar-refractivity contribution in [1.82, 2.24) is 24.9 Å². The Morgan fingerprint density at radius 2 is 1.94 bits per heavy atom. The Morgan fingerprint density at radius 1 is 1.18 bits per heavy atom. The lowest BCUT2D eigenvalue weighted by Gasteiger charge is -2.20. The first-order valence-electron chi connectivity index (χ1n) is 11.6. The maximum absolute atomic E-state index is 13.2. The standard InChI is InChI=1S/C25H29N7O/c1-3-27-24-21(16-28-31(24)4-2)25(33)29-23-15-22(19-11-13-26-14-12-19)30-32(23)20-9-7-18(8-10-20)17-5-6-17/h3-4,7-10,15-17,19,26H,2,5-6,11-14H2,1H3,(H,29,33)/b27-3-. The van der Waals surface area contributed by atoms with Gasteiger partial charge in [0.2, 0.25) is 0 Å². The van der Waals surface area contributed by atoms with Gasteiger partial charge in [0.05, 0.1) is 17.6 Å². The minimum absolute atomic E-state index is 0.281. The maximum Gasteiger partial charge on any atom is 0.262 e. The second-order valence-corrected chi connectivity index (χ2v) is 8.61. The first kappa shape index (κ1) is 21.3. The summed E-state index contributed by atoms with van der Waals surface area (Å²) in [5.74, 6) is 1.88. The van der Waals surface area contributed by atoms with E-state index < -0.39 is 0 Å². The van der Waals surface area contributed by atoms with Crippen LogP contribution < -0.4 is 10.6 Å². The molecule has 0 radical (unpaired) electrons. The highest BCUT2D eigenvalue weighted by Crippen LogP contribution is 2.40. The van der Waals surface area contributed by atoms with Crippen molar-refractivity contribution in [3.63, 3.8) is 0 Å². The Balaban J connectivity index is 1.48. The number of benzene rings is 1. The number of carbonyl (C=O) groups is 1. The fourth-order valence-corrected chi connectivity index (χ4v) is 4.39. The van der Waals surface area contributed by atoms with E-state index in [0.717, 1.165) is 37.3 Å². The van der Waals surface area contributed by atoms with Crippen molar-refractivity contribution < 1.29 is 4.79 Å². The monoisotopic (exact) mass is 443 g/mol. The van der Waals surface area contributed by atoms with Gasteiger partial charge in [0, 0.05) is 24.4 Å². The molecule has 3 heterocycles. The third kappa shape index (κ3) is 4.39. The number of carbonyl (C=O) groups excluding carboxylic acids is 1. The van der Waals surface area contributed by atoms with Crippen LogP contribution in [0.15, 0.2) is 48.1 Å². The normalized spacial score (nSPS) is 16.9. The average molecular weight is 444 g/mol. The lowest BCUT2D eigenvalue weighted by Crippen LogP contribution is -2.26. The van der Waals surface area contributed by atoms with Crippen LogP contribution in [0.3, 0.4) is 0 Å². The van der Waals surface area contributed by atoms with Crippen LogP contribution in [0.1, 0.15) is 66.1 Å². The van der Waals surface area contributed by atoms with Crippen LogP contribution in [0.25, 0.3) is 11.9 Å². The number of hydrogen-bond acceptors (Lipinski definition) is 5. The molecule has 2 aliphatic rings. The second-order valence-electron chi connectivity index (χ2n) is 8.61. The minimum atomic E-state index is -0.281. The summed E-state index contributed by atoms with van der Waals surface area (Å²) in [6.45, 7) is 7.50. The van der Waals surface area contributed by atoms with Crippen molar-refractivity contribution in [2.45, 2.75) is 44.4 Å². The predicted octanol–water partition coefficient (Wildman–Crippen LogP) is 4.49. The van der Waals surface area contributed by atoms with Gasteiger partial charge >= 0.3 is 0 Å². The number of rotatable bonds is 7. The number of nitrogens with one attached hydrogen (secondary N) is 2. The Kier molecular flexibility index (Phi) is 5.92. The lowest BCUT2D eigenvalue weighted by molar-refractivity contribution is 0.102. The number of aliphatic imine (C=N–C) groups is 1. The molecular formula is C25H29N7O. The Hall–Kier alpha value is -3.52. The van der Waals surface area contributed by atoms with Crippen LogP contribution in [0.2, 0.25) is 0 Å². The van der Waals surface area contributed by atoms with Crippen LogP contribution in [0, 0.1) is 0 Å². The highest BCUT2D eigenvalue weighted by Gasteiger charge is 2.25. The highest BCUT2D eigenvalue weighted by molar-refractivity contribution is 6.07. The van der Waals surface area contributed by atoms with Gasteiger partial charge in [-0.1, -0.05) is 18.7 Å². The van der Waals surface area contributed by atoms with E-state index in [1.165, 1.54) is 35.5 Å². The molecule has 2 aromatic heterocycles. The van der Waals surface area contributed by atoms with Gasteiger partial charge in [-0.25, -0.2) is 14.4 Å². The van der Waals surface area contributed by atoms with Gasteiger partial charge in [0.15, 0.2) is 5.82 Å². The topological polar surface area (TPSA) is 89.1 Å². The van der Waals surface area contributed by atoms with E-state index in [2.05, 4.69) is 51.6 Å². The van der Waals surface area contributed by atoms with Crippen molar-refractivity contribution in [3.8, 4) is 5.69 Å². The zero-order valence-electron chi connectivity index (χ0n) is 18.9. The second kappa shape index (κ2) is 9.15. The summed E-state index contributed by atoms with van der Waals surface area (Å²) >= 11 is 0. The first-order valence-corrected chi connectivity index (χ1v) is 11.6. The number of anilines is 1. The molecule has 1 aromatic carbocycles. The number of aromatic nitrogens is 4. The van der Waals surface area contributed by atoms with E-state index in [1.54, 1.807) is 13.1 Å². The Labute approximate surface area is 193 Å². The number of hydrogen-bond donors (Lipinski definition) is 2. The number of piperidine rings is 1. The van der Waals surface area contributed by atoms with Crippen molar-refractivity contribution in [1.29, 1.82) is 0 Å². The summed E-state index contributed by atoms with van der Waals surface area (Å²) in [6, 6.07) is 10.5. The fraction of sp³-hybridized carbons (Fsp3) is 0.360. The Bertz CT molecular complexity index is 1180. The predicted molar refractivity (Wildman–Crippen MR) is 131 cm³/mol. The van der Waals surface area contributed by atoms with Crippen molar-refractivity contribution in [3.05, 3.63) is 59.9 Å². The van der Waals surface area contributed by atoms with Gasteiger partial charge in [-0.2, -0.15) is 10.2 Å². The first-order chi connectivity index (χ1) is 16.2. The smallest absolute Gasteiger partial charge is 0.262 e. The van der Waals surface area contributed by atoms with Gasteiger partial charge in [-0.3, -0.25) is 4.79 Å². The molecule has 0 atom stereocenters. The molecule has 2 fully saturated rings. The summed E-state index contributed by atoms with van der Waals surface area (Å²) < 4.78 is 3.33. The minimum Gasteiger partial charge on any atom is -0.317 e. The molecule has 0 bridgehead atoms. The van der Waals surface area contributed by atoms with Gasteiger partial charge < -0.3 is 10.6 Å². The van der Waals surface area contributed by atoms with Crippen LogP contribution in [-0.4, -0.2) is 44.8 Å². The quantitative estimate of drug-likeness (QED) is 0.527. The van der Waals surface area contributed by atoms with Crippen LogP contribution in [0.4, 0.5) is 11.6 Å². The molecule has 33 heavy (non-hydrogen) atoms. The van der Waals surface area contributed by atoms with Crippen LogP contribution in [0.5, 0.6) is 0 Å². The van der Waals surface area contributed by atoms with E-state index in [9.17, 15) is 4.79 Å². The zero-order valence-corrected chi connectivity index (χ0v) is 18.9. The number of amides is 1. The van der Waals surface area contributed by atoms with E-state index in [0.29, 0.717) is 29.0 Å². The van der Waals surface area contributed by atoms with Gasteiger partial charge in [-0.05, 0) is 69.3 Å². The van der Waals surface area contributed by atoms with Crippen molar-refractivity contribution in [2.75, 3.05) is 18.4 Å². The zero-order chi connectivity index (χ0) is 22.8. The van der Waals surface area contributed by atoms with E-state index in [1.807, 2.05) is 10.7 Å². The molecule has 1 amide bonds. The molecular weight excluding hydrogens is 414 g/mol. The van der Waals surface area contributed by atoms with Crippen LogP contribution >= 0.6 is 0 Å². The molecule has 3 aromatic rings. The largest absolute Gasteiger partial charge is 0.317 e. The molecule has 1 saturated carbocycles. The molecule has 1 aliphatic carbocycles. The molecule has 1 saturated heterocycles. The third-order valence-corrected chi connectivity index (χ3v) is 6.35. The van der Waals surface area contributed by atoms with Gasteiger partial charge in [0.25, 0.3) is 5.91 Å². The van der Waals surface area contributed by atoms with E-state index >= 15 is 0 Å². The highest BCUT2D eigenvalue weighted by atomic mass is 16.1. The van der Waals surface area contributed by atoms with Gasteiger partial charge in [-0.15, -0.1) is 0 Å². The number of nitrogens with zero attached hydrogens (tertiary/aromatic N) is 5. The summed E-state index contributed by atoms with van der Waals surface area (Å²) in [4.78, 5) is 17.5. The average Bonchev–Trinajstić information content (AvgIpc) is 3.50. The van der Waals surface area contributed by atoms with Crippen molar-refractivity contribution in [2.24, 2.45) is 4.99 Å². The molecule has 8 heteroatoms. The lowest BCUT2D eigenvalue weighted by atomic mass is 9.95.